The highest BCUT2D eigenvalue weighted by Gasteiger charge is 2.46. The molecular formula is C18H18FN5O4. The quantitative estimate of drug-likeness (QED) is 0.656. The highest BCUT2D eigenvalue weighted by molar-refractivity contribution is 5.94. The molecule has 0 saturated carbocycles. The van der Waals surface area contributed by atoms with E-state index in [-0.39, 0.29) is 43.5 Å². The van der Waals surface area contributed by atoms with E-state index in [1.54, 1.807) is 31.5 Å². The van der Waals surface area contributed by atoms with Gasteiger partial charge in [0.1, 0.15) is 5.76 Å². The summed E-state index contributed by atoms with van der Waals surface area (Å²) in [6, 6.07) is 3.38. The summed E-state index contributed by atoms with van der Waals surface area (Å²) in [5.41, 5.74) is -0.562. The number of ether oxygens (including phenoxy) is 1. The van der Waals surface area contributed by atoms with Crippen molar-refractivity contribution in [3.05, 3.63) is 47.4 Å². The molecule has 1 aliphatic rings. The fourth-order valence-electron chi connectivity index (χ4n) is 3.17. The van der Waals surface area contributed by atoms with Crippen LogP contribution in [0.4, 0.5) is 4.39 Å². The maximum atomic E-state index is 15.5. The molecule has 1 fully saturated rings. The van der Waals surface area contributed by atoms with Gasteiger partial charge in [-0.1, -0.05) is 10.3 Å². The Morgan fingerprint density at radius 2 is 2.11 bits per heavy atom. The van der Waals surface area contributed by atoms with Crippen molar-refractivity contribution in [2.24, 2.45) is 0 Å². The molecule has 1 atom stereocenters. The molecule has 0 radical (unpaired) electrons. The number of carbonyl (C=O) groups excluding carboxylic acids is 1. The predicted molar refractivity (Wildman–Crippen MR) is 92.8 cm³/mol. The minimum Gasteiger partial charge on any atom is -0.380 e. The molecule has 4 rings (SSSR count). The van der Waals surface area contributed by atoms with Gasteiger partial charge in [0.15, 0.2) is 11.4 Å². The molecule has 0 N–H and O–H groups in total. The third-order valence-electron chi connectivity index (χ3n) is 4.74. The second kappa shape index (κ2) is 7.12. The van der Waals surface area contributed by atoms with E-state index in [1.807, 2.05) is 0 Å². The van der Waals surface area contributed by atoms with Crippen LogP contribution in [0.2, 0.25) is 0 Å². The second-order valence-corrected chi connectivity index (χ2v) is 6.60. The van der Waals surface area contributed by atoms with E-state index >= 15 is 4.39 Å². The Bertz CT molecular complexity index is 989. The molecule has 146 valence electrons. The van der Waals surface area contributed by atoms with Gasteiger partial charge in [0.25, 0.3) is 11.8 Å². The van der Waals surface area contributed by atoms with Gasteiger partial charge in [-0.3, -0.25) is 9.78 Å². The van der Waals surface area contributed by atoms with Crippen LogP contribution < -0.4 is 0 Å². The van der Waals surface area contributed by atoms with Crippen molar-refractivity contribution >= 4 is 5.91 Å². The van der Waals surface area contributed by atoms with E-state index in [9.17, 15) is 4.79 Å². The lowest BCUT2D eigenvalue weighted by Crippen LogP contribution is -2.33. The number of aryl methyl sites for hydroxylation is 1. The first-order chi connectivity index (χ1) is 13.5. The third kappa shape index (κ3) is 3.15. The lowest BCUT2D eigenvalue weighted by Gasteiger charge is -2.17. The molecule has 4 heterocycles. The van der Waals surface area contributed by atoms with Crippen LogP contribution in [-0.2, 0) is 17.0 Å². The molecule has 10 heteroatoms. The average molecular weight is 387 g/mol. The van der Waals surface area contributed by atoms with E-state index < -0.39 is 11.6 Å². The number of nitrogens with zero attached hydrogens (tertiary/aromatic N) is 5. The molecule has 1 unspecified atom stereocenters. The Morgan fingerprint density at radius 3 is 2.86 bits per heavy atom. The fraction of sp³-hybridized carbons (Fsp3) is 0.389. The Hall–Kier alpha value is -3.14. The largest absolute Gasteiger partial charge is 0.380 e. The van der Waals surface area contributed by atoms with E-state index in [4.69, 9.17) is 13.8 Å². The number of alkyl halides is 1. The topological polar surface area (TPSA) is 107 Å². The van der Waals surface area contributed by atoms with Gasteiger partial charge in [-0.05, 0) is 19.1 Å². The van der Waals surface area contributed by atoms with Crippen LogP contribution in [0.25, 0.3) is 11.5 Å². The van der Waals surface area contributed by atoms with Crippen molar-refractivity contribution in [2.75, 3.05) is 20.2 Å². The first-order valence-corrected chi connectivity index (χ1v) is 8.68. The van der Waals surface area contributed by atoms with Gasteiger partial charge >= 0.3 is 0 Å². The van der Waals surface area contributed by atoms with E-state index in [1.165, 1.54) is 12.0 Å². The minimum absolute atomic E-state index is 0.0600. The van der Waals surface area contributed by atoms with Gasteiger partial charge in [-0.15, -0.1) is 0 Å². The number of hydrogen-bond donors (Lipinski definition) is 0. The second-order valence-electron chi connectivity index (χ2n) is 6.60. The molecule has 1 amide bonds. The van der Waals surface area contributed by atoms with E-state index in [2.05, 4.69) is 20.3 Å². The van der Waals surface area contributed by atoms with Crippen molar-refractivity contribution in [2.45, 2.75) is 25.6 Å². The van der Waals surface area contributed by atoms with Crippen LogP contribution >= 0.6 is 0 Å². The average Bonchev–Trinajstić information content (AvgIpc) is 3.43. The smallest absolute Gasteiger partial charge is 0.276 e. The van der Waals surface area contributed by atoms with Gasteiger partial charge in [0, 0.05) is 38.0 Å². The summed E-state index contributed by atoms with van der Waals surface area (Å²) in [7, 11) is 1.51. The Balaban J connectivity index is 1.53. The zero-order chi connectivity index (χ0) is 19.7. The molecule has 0 spiro atoms. The lowest BCUT2D eigenvalue weighted by atomic mass is 10.1. The van der Waals surface area contributed by atoms with Gasteiger partial charge < -0.3 is 18.7 Å². The molecule has 28 heavy (non-hydrogen) atoms. The summed E-state index contributed by atoms with van der Waals surface area (Å²) in [5, 5.41) is 7.61. The molecule has 0 aromatic carbocycles. The van der Waals surface area contributed by atoms with Crippen LogP contribution in [-0.4, -0.2) is 51.3 Å². The van der Waals surface area contributed by atoms with Crippen molar-refractivity contribution in [3.63, 3.8) is 0 Å². The maximum absolute atomic E-state index is 15.5. The summed E-state index contributed by atoms with van der Waals surface area (Å²) in [4.78, 5) is 22.3. The first-order valence-electron chi connectivity index (χ1n) is 8.68. The highest BCUT2D eigenvalue weighted by Crippen LogP contribution is 2.36. The zero-order valence-corrected chi connectivity index (χ0v) is 15.4. The summed E-state index contributed by atoms with van der Waals surface area (Å²) >= 11 is 0. The molecular weight excluding hydrogens is 369 g/mol. The van der Waals surface area contributed by atoms with Gasteiger partial charge in [-0.2, -0.15) is 4.98 Å². The molecule has 0 aliphatic carbocycles. The van der Waals surface area contributed by atoms with E-state index in [0.717, 1.165) is 0 Å². The zero-order valence-electron chi connectivity index (χ0n) is 15.4. The SMILES string of the molecule is COCc1c(C(=O)N2CCC(F)(c3noc(-c4ccncc4)n3)C2)noc1C. The van der Waals surface area contributed by atoms with Crippen molar-refractivity contribution in [1.29, 1.82) is 0 Å². The molecule has 0 bridgehead atoms. The number of pyridine rings is 1. The number of aromatic nitrogens is 4. The maximum Gasteiger partial charge on any atom is 0.276 e. The van der Waals surface area contributed by atoms with Crippen molar-refractivity contribution in [1.82, 2.24) is 25.2 Å². The van der Waals surface area contributed by atoms with Crippen LogP contribution in [0.1, 0.15) is 34.1 Å². The number of amides is 1. The fourth-order valence-corrected chi connectivity index (χ4v) is 3.17. The van der Waals surface area contributed by atoms with E-state index in [0.29, 0.717) is 16.9 Å². The van der Waals surface area contributed by atoms with Crippen molar-refractivity contribution < 1.29 is 23.0 Å². The van der Waals surface area contributed by atoms with Crippen LogP contribution in [0.15, 0.2) is 33.6 Å². The van der Waals surface area contributed by atoms with Crippen molar-refractivity contribution in [3.8, 4) is 11.5 Å². The number of likely N-dealkylation sites (tertiary alicyclic amines) is 1. The Kier molecular flexibility index (Phi) is 4.63. The van der Waals surface area contributed by atoms with Crippen LogP contribution in [0.5, 0.6) is 0 Å². The summed E-state index contributed by atoms with van der Waals surface area (Å²) in [6.45, 7) is 1.89. The highest BCUT2D eigenvalue weighted by atomic mass is 19.1. The lowest BCUT2D eigenvalue weighted by molar-refractivity contribution is 0.0728. The summed E-state index contributed by atoms with van der Waals surface area (Å²) in [5.74, 6) is 0.203. The summed E-state index contributed by atoms with van der Waals surface area (Å²) < 4.78 is 30.9. The number of carbonyl (C=O) groups is 1. The molecule has 3 aromatic rings. The predicted octanol–water partition coefficient (Wildman–Crippen LogP) is 2.29. The van der Waals surface area contributed by atoms with Crippen LogP contribution in [0, 0.1) is 6.92 Å². The molecule has 3 aromatic heterocycles. The molecule has 1 saturated heterocycles. The van der Waals surface area contributed by atoms with Gasteiger partial charge in [-0.25, -0.2) is 4.39 Å². The third-order valence-corrected chi connectivity index (χ3v) is 4.74. The summed E-state index contributed by atoms with van der Waals surface area (Å²) in [6.07, 6.45) is 3.22. The Labute approximate surface area is 159 Å². The monoisotopic (exact) mass is 387 g/mol. The van der Waals surface area contributed by atoms with Crippen LogP contribution in [0.3, 0.4) is 0 Å². The first kappa shape index (κ1) is 18.2. The van der Waals surface area contributed by atoms with Gasteiger partial charge in [0.05, 0.1) is 18.7 Å². The minimum atomic E-state index is -1.90. The number of hydrogen-bond acceptors (Lipinski definition) is 8. The molecule has 1 aliphatic heterocycles. The molecule has 9 nitrogen and oxygen atoms in total. The number of rotatable bonds is 5. The number of methoxy groups -OCH3 is 1. The standard InChI is InChI=1S/C18H18FN5O4/c1-11-13(9-26-2)14(22-27-11)16(25)24-8-5-18(19,10-24)17-21-15(28-23-17)12-3-6-20-7-4-12/h3-4,6-7H,5,8-10H2,1-2H3. The van der Waals surface area contributed by atoms with Gasteiger partial charge in [0.2, 0.25) is 5.82 Å². The number of halogens is 1. The Morgan fingerprint density at radius 1 is 1.32 bits per heavy atom. The normalized spacial score (nSPS) is 19.3.